The van der Waals surface area contributed by atoms with Crippen LogP contribution in [0.25, 0.3) is 10.8 Å². The van der Waals surface area contributed by atoms with Gasteiger partial charge in [-0.1, -0.05) is 66.7 Å². The van der Waals surface area contributed by atoms with E-state index in [1.807, 2.05) is 73.7 Å². The van der Waals surface area contributed by atoms with Gasteiger partial charge in [0.1, 0.15) is 11.5 Å². The number of hydrogen-bond acceptors (Lipinski definition) is 4. The normalized spacial score (nSPS) is 11.6. The van der Waals surface area contributed by atoms with Gasteiger partial charge >= 0.3 is 5.97 Å². The van der Waals surface area contributed by atoms with Crippen molar-refractivity contribution in [2.75, 3.05) is 7.11 Å². The van der Waals surface area contributed by atoms with Crippen molar-refractivity contribution in [1.82, 2.24) is 5.32 Å². The minimum absolute atomic E-state index is 0.183. The van der Waals surface area contributed by atoms with Gasteiger partial charge in [-0.25, -0.2) is 0 Å². The fourth-order valence-corrected chi connectivity index (χ4v) is 4.18. The zero-order valence-electron chi connectivity index (χ0n) is 20.0. The molecule has 0 fully saturated rings. The van der Waals surface area contributed by atoms with Gasteiger partial charge in [0.15, 0.2) is 0 Å². The van der Waals surface area contributed by atoms with Crippen LogP contribution < -0.4 is 10.1 Å². The van der Waals surface area contributed by atoms with Crippen LogP contribution in [0.15, 0.2) is 91.0 Å². The van der Waals surface area contributed by atoms with Crippen molar-refractivity contribution in [1.29, 1.82) is 0 Å². The molecular weight excluding hydrogens is 438 g/mol. The van der Waals surface area contributed by atoms with Crippen LogP contribution in [0.1, 0.15) is 47.3 Å². The standard InChI is InChI=1S/C30H29NO4/c1-21(26-16-8-11-22-10-6-7-15-27(22)26)31-30(33)28-20-25(35-24-13-4-3-5-14-24)19-18-23(28)12-9-17-29(32)34-2/h3-8,10-11,13-16,18-21H,9,12,17H2,1-2H3,(H,31,33). The number of ether oxygens (including phenoxy) is 2. The molecule has 4 aromatic carbocycles. The molecule has 0 saturated heterocycles. The molecule has 0 aliphatic carbocycles. The van der Waals surface area contributed by atoms with Gasteiger partial charge in [-0.05, 0) is 65.9 Å². The molecule has 4 aromatic rings. The first kappa shape index (κ1) is 24.0. The number of methoxy groups -OCH3 is 1. The third kappa shape index (κ3) is 6.07. The van der Waals surface area contributed by atoms with E-state index in [1.54, 1.807) is 6.07 Å². The van der Waals surface area contributed by atoms with E-state index in [4.69, 9.17) is 9.47 Å². The van der Waals surface area contributed by atoms with Crippen molar-refractivity contribution in [3.8, 4) is 11.5 Å². The molecule has 4 rings (SSSR count). The number of hydrogen-bond donors (Lipinski definition) is 1. The summed E-state index contributed by atoms with van der Waals surface area (Å²) in [6.07, 6.45) is 1.46. The van der Waals surface area contributed by atoms with Gasteiger partial charge in [-0.2, -0.15) is 0 Å². The van der Waals surface area contributed by atoms with Gasteiger partial charge < -0.3 is 14.8 Å². The first-order valence-electron chi connectivity index (χ1n) is 11.8. The summed E-state index contributed by atoms with van der Waals surface area (Å²) >= 11 is 0. The molecule has 0 aliphatic rings. The fourth-order valence-electron chi connectivity index (χ4n) is 4.18. The van der Waals surface area contributed by atoms with Crippen LogP contribution >= 0.6 is 0 Å². The van der Waals surface area contributed by atoms with Crippen LogP contribution in [-0.2, 0) is 16.0 Å². The molecule has 5 heteroatoms. The second-order valence-electron chi connectivity index (χ2n) is 8.43. The van der Waals surface area contributed by atoms with E-state index in [-0.39, 0.29) is 17.9 Å². The molecule has 1 N–H and O–H groups in total. The van der Waals surface area contributed by atoms with E-state index >= 15 is 0 Å². The lowest BCUT2D eigenvalue weighted by Crippen LogP contribution is -2.27. The highest BCUT2D eigenvalue weighted by atomic mass is 16.5. The van der Waals surface area contributed by atoms with Crippen LogP contribution in [0.5, 0.6) is 11.5 Å². The number of para-hydroxylation sites is 1. The average Bonchev–Trinajstić information content (AvgIpc) is 2.89. The molecule has 35 heavy (non-hydrogen) atoms. The quantitative estimate of drug-likeness (QED) is 0.281. The van der Waals surface area contributed by atoms with Gasteiger partial charge in [0.2, 0.25) is 0 Å². The molecule has 0 heterocycles. The molecule has 0 saturated carbocycles. The molecule has 5 nitrogen and oxygen atoms in total. The highest BCUT2D eigenvalue weighted by molar-refractivity contribution is 5.97. The number of amides is 1. The molecular formula is C30H29NO4. The van der Waals surface area contributed by atoms with Gasteiger partial charge in [-0.3, -0.25) is 9.59 Å². The molecule has 1 unspecified atom stereocenters. The van der Waals surface area contributed by atoms with Gasteiger partial charge in [0, 0.05) is 12.0 Å². The second kappa shape index (κ2) is 11.3. The topological polar surface area (TPSA) is 64.6 Å². The van der Waals surface area contributed by atoms with Crippen molar-refractivity contribution >= 4 is 22.6 Å². The first-order chi connectivity index (χ1) is 17.0. The lowest BCUT2D eigenvalue weighted by Gasteiger charge is -2.19. The maximum Gasteiger partial charge on any atom is 0.305 e. The fraction of sp³-hybridized carbons (Fsp3) is 0.200. The van der Waals surface area contributed by atoms with E-state index in [2.05, 4.69) is 23.5 Å². The number of fused-ring (bicyclic) bond motifs is 1. The summed E-state index contributed by atoms with van der Waals surface area (Å²) < 4.78 is 10.7. The lowest BCUT2D eigenvalue weighted by atomic mass is 9.98. The summed E-state index contributed by atoms with van der Waals surface area (Å²) in [6.45, 7) is 1.99. The number of carbonyl (C=O) groups excluding carboxylic acids is 2. The minimum atomic E-state index is -0.260. The Labute approximate surface area is 205 Å². The van der Waals surface area contributed by atoms with Gasteiger partial charge in [0.05, 0.1) is 13.2 Å². The Morgan fingerprint density at radius 2 is 1.60 bits per heavy atom. The number of aryl methyl sites for hydroxylation is 1. The summed E-state index contributed by atoms with van der Waals surface area (Å²) in [5.74, 6) is 0.832. The van der Waals surface area contributed by atoms with Crippen molar-refractivity contribution in [2.45, 2.75) is 32.2 Å². The molecule has 1 atom stereocenters. The van der Waals surface area contributed by atoms with Crippen LogP contribution in [0, 0.1) is 0 Å². The highest BCUT2D eigenvalue weighted by Gasteiger charge is 2.18. The minimum Gasteiger partial charge on any atom is -0.469 e. The molecule has 0 aliphatic heterocycles. The van der Waals surface area contributed by atoms with Crippen molar-refractivity contribution < 1.29 is 19.1 Å². The first-order valence-corrected chi connectivity index (χ1v) is 11.8. The Balaban J connectivity index is 1.59. The number of nitrogens with one attached hydrogen (secondary N) is 1. The zero-order chi connectivity index (χ0) is 24.6. The lowest BCUT2D eigenvalue weighted by molar-refractivity contribution is -0.140. The Hall–Kier alpha value is -4.12. The second-order valence-corrected chi connectivity index (χ2v) is 8.43. The predicted octanol–water partition coefficient (Wildman–Crippen LogP) is 6.62. The third-order valence-electron chi connectivity index (χ3n) is 6.00. The van der Waals surface area contributed by atoms with E-state index in [0.29, 0.717) is 36.3 Å². The van der Waals surface area contributed by atoms with Crippen LogP contribution in [0.2, 0.25) is 0 Å². The Kier molecular flexibility index (Phi) is 7.78. The summed E-state index contributed by atoms with van der Waals surface area (Å²) in [5, 5.41) is 5.41. The Morgan fingerprint density at radius 3 is 2.40 bits per heavy atom. The van der Waals surface area contributed by atoms with E-state index in [0.717, 1.165) is 21.9 Å². The van der Waals surface area contributed by atoms with E-state index in [1.165, 1.54) is 7.11 Å². The van der Waals surface area contributed by atoms with Gasteiger partial charge in [-0.15, -0.1) is 0 Å². The van der Waals surface area contributed by atoms with E-state index in [9.17, 15) is 9.59 Å². The largest absolute Gasteiger partial charge is 0.469 e. The molecule has 0 bridgehead atoms. The molecule has 0 radical (unpaired) electrons. The molecule has 0 aromatic heterocycles. The number of benzene rings is 4. The highest BCUT2D eigenvalue weighted by Crippen LogP contribution is 2.27. The summed E-state index contributed by atoms with van der Waals surface area (Å²) in [5.41, 5.74) is 2.45. The summed E-state index contributed by atoms with van der Waals surface area (Å²) in [6, 6.07) is 29.0. The predicted molar refractivity (Wildman–Crippen MR) is 138 cm³/mol. The number of rotatable bonds is 9. The third-order valence-corrected chi connectivity index (χ3v) is 6.00. The van der Waals surface area contributed by atoms with Crippen LogP contribution in [0.4, 0.5) is 0 Å². The molecule has 0 spiro atoms. The van der Waals surface area contributed by atoms with Crippen molar-refractivity contribution in [3.63, 3.8) is 0 Å². The smallest absolute Gasteiger partial charge is 0.305 e. The van der Waals surface area contributed by atoms with Crippen molar-refractivity contribution in [3.05, 3.63) is 108 Å². The summed E-state index contributed by atoms with van der Waals surface area (Å²) in [4.78, 5) is 25.1. The van der Waals surface area contributed by atoms with Gasteiger partial charge in [0.25, 0.3) is 5.91 Å². The van der Waals surface area contributed by atoms with Crippen molar-refractivity contribution in [2.24, 2.45) is 0 Å². The monoisotopic (exact) mass is 467 g/mol. The average molecular weight is 468 g/mol. The molecule has 178 valence electrons. The number of carbonyl (C=O) groups is 2. The molecule has 1 amide bonds. The zero-order valence-corrected chi connectivity index (χ0v) is 20.0. The van der Waals surface area contributed by atoms with Crippen LogP contribution in [-0.4, -0.2) is 19.0 Å². The Morgan fingerprint density at radius 1 is 0.857 bits per heavy atom. The maximum atomic E-state index is 13.5. The summed E-state index contributed by atoms with van der Waals surface area (Å²) in [7, 11) is 1.38. The van der Waals surface area contributed by atoms with Crippen LogP contribution in [0.3, 0.4) is 0 Å². The Bertz CT molecular complexity index is 1310. The maximum absolute atomic E-state index is 13.5. The van der Waals surface area contributed by atoms with E-state index < -0.39 is 0 Å². The number of esters is 1. The SMILES string of the molecule is COC(=O)CCCc1ccc(Oc2ccccc2)cc1C(=O)NC(C)c1cccc2ccccc12.